The highest BCUT2D eigenvalue weighted by Crippen LogP contribution is 2.32. The van der Waals surface area contributed by atoms with Crippen molar-refractivity contribution in [2.45, 2.75) is 17.7 Å². The average Bonchev–Trinajstić information content (AvgIpc) is 2.96. The molecule has 3 rings (SSSR count). The van der Waals surface area contributed by atoms with Crippen molar-refractivity contribution in [2.24, 2.45) is 5.14 Å². The summed E-state index contributed by atoms with van der Waals surface area (Å²) in [6, 6.07) is 4.69. The number of primary sulfonamides is 1. The Bertz CT molecular complexity index is 1090. The molecule has 0 spiro atoms. The average molecular weight is 403 g/mol. The summed E-state index contributed by atoms with van der Waals surface area (Å²) in [5.41, 5.74) is 0.447. The first-order valence-electron chi connectivity index (χ1n) is 7.23. The quantitative estimate of drug-likeness (QED) is 0.706. The molecule has 26 heavy (non-hydrogen) atoms. The van der Waals surface area contributed by atoms with E-state index < -0.39 is 22.9 Å². The lowest BCUT2D eigenvalue weighted by atomic mass is 10.2. The Hall–Kier alpha value is -2.30. The van der Waals surface area contributed by atoms with E-state index >= 15 is 0 Å². The largest absolute Gasteiger partial charge is 0.481 e. The van der Waals surface area contributed by atoms with E-state index in [1.54, 1.807) is 18.2 Å². The molecular weight excluding hydrogens is 390 g/mol. The van der Waals surface area contributed by atoms with Crippen LogP contribution in [0, 0.1) is 0 Å². The third-order valence-corrected chi connectivity index (χ3v) is 4.88. The van der Waals surface area contributed by atoms with Crippen LogP contribution in [0.2, 0.25) is 5.02 Å². The fourth-order valence-electron chi connectivity index (χ4n) is 2.58. The molecule has 0 aliphatic rings. The van der Waals surface area contributed by atoms with E-state index in [-0.39, 0.29) is 27.3 Å². The van der Waals surface area contributed by atoms with Crippen molar-refractivity contribution in [3.8, 4) is 11.8 Å². The summed E-state index contributed by atoms with van der Waals surface area (Å²) in [6.45, 7) is 0. The molecule has 0 aliphatic carbocycles. The van der Waals surface area contributed by atoms with Crippen LogP contribution in [0.3, 0.4) is 0 Å². The van der Waals surface area contributed by atoms with E-state index in [4.69, 9.17) is 21.5 Å². The van der Waals surface area contributed by atoms with Crippen LogP contribution in [-0.2, 0) is 16.4 Å². The maximum absolute atomic E-state index is 12.6. The number of nitrogens with zero attached hydrogens (tertiary/aromatic N) is 3. The number of aromatic nitrogens is 3. The maximum Gasteiger partial charge on any atom is 0.242 e. The van der Waals surface area contributed by atoms with Crippen LogP contribution in [0.4, 0.5) is 8.78 Å². The van der Waals surface area contributed by atoms with E-state index in [0.29, 0.717) is 10.9 Å². The van der Waals surface area contributed by atoms with Gasteiger partial charge in [0.15, 0.2) is 0 Å². The van der Waals surface area contributed by atoms with Gasteiger partial charge < -0.3 is 4.74 Å². The van der Waals surface area contributed by atoms with Crippen LogP contribution in [0.1, 0.15) is 5.56 Å². The van der Waals surface area contributed by atoms with Gasteiger partial charge in [0.1, 0.15) is 4.90 Å². The Morgan fingerprint density at radius 2 is 2.12 bits per heavy atom. The zero-order valence-corrected chi connectivity index (χ0v) is 14.9. The molecule has 1 aromatic carbocycles. The molecule has 0 atom stereocenters. The molecule has 7 nitrogen and oxygen atoms in total. The number of methoxy groups -OCH3 is 1. The van der Waals surface area contributed by atoms with Crippen molar-refractivity contribution >= 4 is 32.5 Å². The van der Waals surface area contributed by atoms with Gasteiger partial charge >= 0.3 is 0 Å². The third kappa shape index (κ3) is 3.35. The molecule has 2 N–H and O–H groups in total. The second kappa shape index (κ2) is 6.78. The molecule has 3 aromatic rings. The number of ether oxygens (including phenoxy) is 1. The number of sulfonamides is 1. The van der Waals surface area contributed by atoms with E-state index in [1.807, 2.05) is 0 Å². The summed E-state index contributed by atoms with van der Waals surface area (Å²) >= 11 is 6.21. The highest BCUT2D eigenvalue weighted by Gasteiger charge is 2.22. The molecule has 0 unspecified atom stereocenters. The standard InChI is InChI=1S/C15H13ClF2N4O3S/c1-25-14-8(5-12(17)18)6-20-15(21-14)22-7-11(26(19,23)24)9-3-2-4-10(16)13(9)22/h2-4,6-7,12H,5H2,1H3,(H2,19,23,24). The number of rotatable bonds is 5. The highest BCUT2D eigenvalue weighted by atomic mass is 35.5. The first-order valence-corrected chi connectivity index (χ1v) is 9.15. The van der Waals surface area contributed by atoms with Crippen LogP contribution in [0.15, 0.2) is 35.5 Å². The van der Waals surface area contributed by atoms with Gasteiger partial charge in [0, 0.05) is 29.8 Å². The Morgan fingerprint density at radius 3 is 2.73 bits per heavy atom. The first kappa shape index (κ1) is 18.5. The number of halogens is 3. The van der Waals surface area contributed by atoms with Gasteiger partial charge in [0.05, 0.1) is 17.6 Å². The third-order valence-electron chi connectivity index (χ3n) is 3.64. The molecule has 0 saturated heterocycles. The topological polar surface area (TPSA) is 100 Å². The van der Waals surface area contributed by atoms with Gasteiger partial charge in [-0.15, -0.1) is 0 Å². The van der Waals surface area contributed by atoms with Crippen molar-refractivity contribution in [1.29, 1.82) is 0 Å². The number of hydrogen-bond donors (Lipinski definition) is 1. The lowest BCUT2D eigenvalue weighted by Crippen LogP contribution is -2.11. The zero-order chi connectivity index (χ0) is 19.1. The minimum atomic E-state index is -4.04. The second-order valence-electron chi connectivity index (χ2n) is 5.34. The highest BCUT2D eigenvalue weighted by molar-refractivity contribution is 7.89. The molecule has 0 fully saturated rings. The fraction of sp³-hybridized carbons (Fsp3) is 0.200. The van der Waals surface area contributed by atoms with Gasteiger partial charge in [-0.3, -0.25) is 4.57 Å². The molecule has 0 radical (unpaired) electrons. The van der Waals surface area contributed by atoms with Crippen LogP contribution in [-0.4, -0.2) is 36.5 Å². The van der Waals surface area contributed by atoms with Crippen LogP contribution in [0.25, 0.3) is 16.9 Å². The van der Waals surface area contributed by atoms with Crippen molar-refractivity contribution in [1.82, 2.24) is 14.5 Å². The van der Waals surface area contributed by atoms with E-state index in [2.05, 4.69) is 9.97 Å². The van der Waals surface area contributed by atoms with Crippen molar-refractivity contribution < 1.29 is 21.9 Å². The molecule has 0 amide bonds. The van der Waals surface area contributed by atoms with Crippen LogP contribution >= 0.6 is 11.6 Å². The summed E-state index contributed by atoms with van der Waals surface area (Å²) in [4.78, 5) is 7.99. The number of benzene rings is 1. The lowest BCUT2D eigenvalue weighted by molar-refractivity contribution is 0.147. The molecule has 2 heterocycles. The Labute approximate surface area is 152 Å². The zero-order valence-electron chi connectivity index (χ0n) is 13.4. The number of para-hydroxylation sites is 1. The summed E-state index contributed by atoms with van der Waals surface area (Å²) in [6.07, 6.45) is -0.728. The normalized spacial score (nSPS) is 12.1. The lowest BCUT2D eigenvalue weighted by Gasteiger charge is -2.10. The summed E-state index contributed by atoms with van der Waals surface area (Å²) in [5.74, 6) is -0.0331. The fourth-order valence-corrected chi connectivity index (χ4v) is 3.57. The molecule has 0 aliphatic heterocycles. The van der Waals surface area contributed by atoms with E-state index in [1.165, 1.54) is 24.1 Å². The van der Waals surface area contributed by atoms with Crippen LogP contribution in [0.5, 0.6) is 5.88 Å². The predicted octanol–water partition coefficient (Wildman–Crippen LogP) is 2.54. The molecule has 0 saturated carbocycles. The van der Waals surface area contributed by atoms with Crippen molar-refractivity contribution in [3.05, 3.63) is 41.2 Å². The number of nitrogens with two attached hydrogens (primary N) is 1. The van der Waals surface area contributed by atoms with Crippen molar-refractivity contribution in [2.75, 3.05) is 7.11 Å². The summed E-state index contributed by atoms with van der Waals surface area (Å²) in [7, 11) is -2.75. The molecule has 2 aromatic heterocycles. The minimum Gasteiger partial charge on any atom is -0.481 e. The smallest absolute Gasteiger partial charge is 0.242 e. The second-order valence-corrected chi connectivity index (χ2v) is 7.28. The van der Waals surface area contributed by atoms with Gasteiger partial charge in [-0.2, -0.15) is 4.98 Å². The minimum absolute atomic E-state index is 0.00728. The summed E-state index contributed by atoms with van der Waals surface area (Å²) in [5, 5.41) is 5.80. The van der Waals surface area contributed by atoms with Gasteiger partial charge in [-0.1, -0.05) is 23.7 Å². The Kier molecular flexibility index (Phi) is 4.82. The predicted molar refractivity (Wildman–Crippen MR) is 91.5 cm³/mol. The number of alkyl halides is 2. The molecular formula is C15H13ClF2N4O3S. The van der Waals surface area contributed by atoms with Gasteiger partial charge in [0.2, 0.25) is 28.3 Å². The molecule has 0 bridgehead atoms. The van der Waals surface area contributed by atoms with Gasteiger partial charge in [0.25, 0.3) is 0 Å². The first-order chi connectivity index (χ1) is 12.2. The molecule has 138 valence electrons. The Balaban J connectivity index is 2.26. The monoisotopic (exact) mass is 402 g/mol. The van der Waals surface area contributed by atoms with Gasteiger partial charge in [-0.25, -0.2) is 27.3 Å². The summed E-state index contributed by atoms with van der Waals surface area (Å²) < 4.78 is 55.4. The van der Waals surface area contributed by atoms with Crippen LogP contribution < -0.4 is 9.88 Å². The van der Waals surface area contributed by atoms with Gasteiger partial charge in [-0.05, 0) is 6.07 Å². The molecule has 11 heteroatoms. The maximum atomic E-state index is 12.6. The number of hydrogen-bond acceptors (Lipinski definition) is 5. The van der Waals surface area contributed by atoms with E-state index in [9.17, 15) is 17.2 Å². The SMILES string of the molecule is COc1nc(-n2cc(S(N)(=O)=O)c3cccc(Cl)c32)ncc1CC(F)F. The van der Waals surface area contributed by atoms with Crippen molar-refractivity contribution in [3.63, 3.8) is 0 Å². The number of fused-ring (bicyclic) bond motifs is 1. The van der Waals surface area contributed by atoms with E-state index in [0.717, 1.165) is 0 Å². The Morgan fingerprint density at radius 1 is 1.38 bits per heavy atom.